The van der Waals surface area contributed by atoms with Crippen LogP contribution in [0.3, 0.4) is 0 Å². The fourth-order valence-electron chi connectivity index (χ4n) is 0.951. The number of hydrogen-bond donors (Lipinski definition) is 3. The molecule has 0 bridgehead atoms. The third-order valence-corrected chi connectivity index (χ3v) is 2.00. The first-order chi connectivity index (χ1) is 6.65. The van der Waals surface area contributed by atoms with Crippen molar-refractivity contribution in [3.05, 3.63) is 29.0 Å². The summed E-state index contributed by atoms with van der Waals surface area (Å²) in [6, 6.07) is 4.29. The van der Waals surface area contributed by atoms with Gasteiger partial charge in [-0.05, 0) is 12.1 Å². The van der Waals surface area contributed by atoms with E-state index in [0.717, 1.165) is 0 Å². The lowest BCUT2D eigenvalue weighted by atomic mass is 10.3. The Morgan fingerprint density at radius 2 is 2.21 bits per heavy atom. The lowest BCUT2D eigenvalue weighted by Gasteiger charge is -2.11. The van der Waals surface area contributed by atoms with Gasteiger partial charge >= 0.3 is 0 Å². The van der Waals surface area contributed by atoms with Gasteiger partial charge in [0, 0.05) is 6.54 Å². The highest BCUT2D eigenvalue weighted by molar-refractivity contribution is 6.33. The van der Waals surface area contributed by atoms with Crippen molar-refractivity contribution in [1.82, 2.24) is 0 Å². The fraction of sp³-hybridized carbons (Fsp3) is 0.333. The van der Waals surface area contributed by atoms with Gasteiger partial charge in [0.05, 0.1) is 23.4 Å². The number of benzene rings is 1. The second-order valence-electron chi connectivity index (χ2n) is 2.81. The number of aliphatic hydroxyl groups excluding tert-OH is 2. The maximum absolute atomic E-state index is 13.1. The molecule has 3 N–H and O–H groups in total. The summed E-state index contributed by atoms with van der Waals surface area (Å²) in [7, 11) is 0. The molecule has 0 saturated heterocycles. The quantitative estimate of drug-likeness (QED) is 0.714. The highest BCUT2D eigenvalue weighted by Gasteiger charge is 2.08. The number of anilines is 1. The molecule has 0 heterocycles. The van der Waals surface area contributed by atoms with Crippen molar-refractivity contribution in [2.24, 2.45) is 0 Å². The number of para-hydroxylation sites is 1. The van der Waals surface area contributed by atoms with Gasteiger partial charge in [-0.15, -0.1) is 0 Å². The van der Waals surface area contributed by atoms with E-state index in [1.165, 1.54) is 18.2 Å². The molecule has 1 atom stereocenters. The lowest BCUT2D eigenvalue weighted by molar-refractivity contribution is 0.105. The summed E-state index contributed by atoms with van der Waals surface area (Å²) in [5.74, 6) is -0.484. The van der Waals surface area contributed by atoms with Crippen molar-refractivity contribution >= 4 is 17.3 Å². The Morgan fingerprint density at radius 1 is 1.50 bits per heavy atom. The van der Waals surface area contributed by atoms with Crippen LogP contribution in [0.1, 0.15) is 0 Å². The van der Waals surface area contributed by atoms with E-state index < -0.39 is 11.9 Å². The molecule has 0 saturated carbocycles. The van der Waals surface area contributed by atoms with Crippen LogP contribution in [0.25, 0.3) is 0 Å². The number of halogens is 2. The van der Waals surface area contributed by atoms with Gasteiger partial charge in [0.2, 0.25) is 0 Å². The van der Waals surface area contributed by atoms with Crippen LogP contribution in [-0.4, -0.2) is 29.5 Å². The molecule has 0 aliphatic rings. The minimum absolute atomic E-state index is 0.0527. The van der Waals surface area contributed by atoms with Gasteiger partial charge in [0.1, 0.15) is 5.82 Å². The molecule has 0 spiro atoms. The summed E-state index contributed by atoms with van der Waals surface area (Å²) in [5.41, 5.74) is 0.140. The average molecular weight is 220 g/mol. The van der Waals surface area contributed by atoms with Crippen LogP contribution in [0.5, 0.6) is 0 Å². The molecule has 0 unspecified atom stereocenters. The summed E-state index contributed by atoms with van der Waals surface area (Å²) in [5, 5.41) is 20.4. The van der Waals surface area contributed by atoms with Gasteiger partial charge in [-0.25, -0.2) is 4.39 Å². The van der Waals surface area contributed by atoms with Crippen molar-refractivity contribution in [2.75, 3.05) is 18.5 Å². The van der Waals surface area contributed by atoms with Crippen LogP contribution in [0.2, 0.25) is 5.02 Å². The van der Waals surface area contributed by atoms with Crippen LogP contribution in [-0.2, 0) is 0 Å². The van der Waals surface area contributed by atoms with Crippen molar-refractivity contribution in [3.63, 3.8) is 0 Å². The topological polar surface area (TPSA) is 52.5 Å². The van der Waals surface area contributed by atoms with Gasteiger partial charge in [-0.3, -0.25) is 0 Å². The van der Waals surface area contributed by atoms with E-state index in [2.05, 4.69) is 5.32 Å². The van der Waals surface area contributed by atoms with Crippen LogP contribution in [0, 0.1) is 5.82 Å². The zero-order valence-corrected chi connectivity index (χ0v) is 8.13. The van der Waals surface area contributed by atoms with E-state index in [1.807, 2.05) is 0 Å². The normalized spacial score (nSPS) is 12.6. The average Bonchev–Trinajstić information content (AvgIpc) is 2.16. The molecule has 0 aliphatic heterocycles. The van der Waals surface area contributed by atoms with E-state index in [4.69, 9.17) is 21.8 Å². The number of nitrogens with one attached hydrogen (secondary N) is 1. The predicted octanol–water partition coefficient (Wildman–Crippen LogP) is 1.24. The number of aliphatic hydroxyl groups is 2. The molecule has 0 fully saturated rings. The zero-order valence-electron chi connectivity index (χ0n) is 7.37. The zero-order chi connectivity index (χ0) is 10.6. The Balaban J connectivity index is 2.66. The van der Waals surface area contributed by atoms with Crippen molar-refractivity contribution in [2.45, 2.75) is 6.10 Å². The van der Waals surface area contributed by atoms with E-state index >= 15 is 0 Å². The second-order valence-corrected chi connectivity index (χ2v) is 3.22. The molecule has 0 radical (unpaired) electrons. The molecule has 78 valence electrons. The Hall–Kier alpha value is -0.840. The second kappa shape index (κ2) is 5.14. The third-order valence-electron chi connectivity index (χ3n) is 1.69. The standard InChI is InChI=1S/C9H11ClFNO2/c10-7-2-1-3-8(11)9(7)12-4-6(14)5-13/h1-3,6,12-14H,4-5H2/t6-/m0/s1. The molecule has 14 heavy (non-hydrogen) atoms. The molecule has 0 aromatic heterocycles. The smallest absolute Gasteiger partial charge is 0.147 e. The molecule has 1 aromatic carbocycles. The summed E-state index contributed by atoms with van der Waals surface area (Å²) in [6.45, 7) is -0.323. The van der Waals surface area contributed by atoms with Gasteiger partial charge in [-0.2, -0.15) is 0 Å². The van der Waals surface area contributed by atoms with Crippen molar-refractivity contribution < 1.29 is 14.6 Å². The van der Waals surface area contributed by atoms with Crippen LogP contribution in [0.15, 0.2) is 18.2 Å². The Morgan fingerprint density at radius 3 is 2.79 bits per heavy atom. The largest absolute Gasteiger partial charge is 0.394 e. The minimum atomic E-state index is -0.925. The first-order valence-electron chi connectivity index (χ1n) is 4.12. The number of rotatable bonds is 4. The van der Waals surface area contributed by atoms with Gasteiger partial charge < -0.3 is 15.5 Å². The van der Waals surface area contributed by atoms with Gasteiger partial charge in [0.15, 0.2) is 0 Å². The van der Waals surface area contributed by atoms with Crippen molar-refractivity contribution in [1.29, 1.82) is 0 Å². The molecule has 0 amide bonds. The third kappa shape index (κ3) is 2.83. The van der Waals surface area contributed by atoms with Gasteiger partial charge in [0.25, 0.3) is 0 Å². The van der Waals surface area contributed by atoms with E-state index in [9.17, 15) is 4.39 Å². The van der Waals surface area contributed by atoms with Crippen LogP contribution >= 0.6 is 11.6 Å². The summed E-state index contributed by atoms with van der Waals surface area (Å²) < 4.78 is 13.1. The van der Waals surface area contributed by atoms with E-state index in [-0.39, 0.29) is 23.9 Å². The summed E-state index contributed by atoms with van der Waals surface area (Å²) in [6.07, 6.45) is -0.925. The SMILES string of the molecule is OC[C@@H](O)CNc1c(F)cccc1Cl. The predicted molar refractivity (Wildman–Crippen MR) is 53.0 cm³/mol. The number of hydrogen-bond acceptors (Lipinski definition) is 3. The van der Waals surface area contributed by atoms with Crippen LogP contribution in [0.4, 0.5) is 10.1 Å². The van der Waals surface area contributed by atoms with E-state index in [0.29, 0.717) is 0 Å². The molecule has 1 aromatic rings. The van der Waals surface area contributed by atoms with Crippen LogP contribution < -0.4 is 5.32 Å². The fourth-order valence-corrected chi connectivity index (χ4v) is 1.18. The highest BCUT2D eigenvalue weighted by Crippen LogP contribution is 2.24. The molecule has 0 aliphatic carbocycles. The van der Waals surface area contributed by atoms with Gasteiger partial charge in [-0.1, -0.05) is 17.7 Å². The monoisotopic (exact) mass is 219 g/mol. The summed E-state index contributed by atoms with van der Waals surface area (Å²) in [4.78, 5) is 0. The Bertz CT molecular complexity index is 289. The van der Waals surface area contributed by atoms with E-state index in [1.54, 1.807) is 0 Å². The minimum Gasteiger partial charge on any atom is -0.394 e. The first kappa shape index (κ1) is 11.2. The molecule has 1 rings (SSSR count). The maximum Gasteiger partial charge on any atom is 0.147 e. The lowest BCUT2D eigenvalue weighted by Crippen LogP contribution is -2.23. The Labute approximate surface area is 86.1 Å². The molecule has 3 nitrogen and oxygen atoms in total. The maximum atomic E-state index is 13.1. The highest BCUT2D eigenvalue weighted by atomic mass is 35.5. The molecular weight excluding hydrogens is 209 g/mol. The Kier molecular flexibility index (Phi) is 4.13. The summed E-state index contributed by atoms with van der Waals surface area (Å²) >= 11 is 5.71. The molecular formula is C9H11ClFNO2. The molecule has 5 heteroatoms. The van der Waals surface area contributed by atoms with Crippen molar-refractivity contribution in [3.8, 4) is 0 Å². The first-order valence-corrected chi connectivity index (χ1v) is 4.49.